The van der Waals surface area contributed by atoms with Gasteiger partial charge in [-0.3, -0.25) is 4.79 Å². The molecule has 0 unspecified atom stereocenters. The Morgan fingerprint density at radius 1 is 1.05 bits per heavy atom. The second-order valence-corrected chi connectivity index (χ2v) is 4.35. The Morgan fingerprint density at radius 3 is 2.57 bits per heavy atom. The summed E-state index contributed by atoms with van der Waals surface area (Å²) in [5.74, 6) is 1.38. The van der Waals surface area contributed by atoms with Crippen LogP contribution in [0.2, 0.25) is 0 Å². The Bertz CT molecular complexity index is 607. The van der Waals surface area contributed by atoms with Gasteiger partial charge in [0.05, 0.1) is 6.61 Å². The minimum Gasteiger partial charge on any atom is -0.494 e. The topological polar surface area (TPSA) is 44.8 Å². The van der Waals surface area contributed by atoms with Crippen LogP contribution in [0.25, 0.3) is 11.1 Å². The number of ether oxygens (including phenoxy) is 3. The molecule has 0 atom stereocenters. The van der Waals surface area contributed by atoms with E-state index >= 15 is 0 Å². The summed E-state index contributed by atoms with van der Waals surface area (Å²) >= 11 is 0. The van der Waals surface area contributed by atoms with Crippen LogP contribution in [-0.4, -0.2) is 26.8 Å². The van der Waals surface area contributed by atoms with E-state index in [0.717, 1.165) is 23.2 Å². The summed E-state index contributed by atoms with van der Waals surface area (Å²) in [5.41, 5.74) is 2.20. The first-order valence-electron chi connectivity index (χ1n) is 6.73. The highest BCUT2D eigenvalue weighted by Crippen LogP contribution is 2.34. The Labute approximate surface area is 124 Å². The van der Waals surface area contributed by atoms with Crippen molar-refractivity contribution in [1.29, 1.82) is 0 Å². The Hall–Kier alpha value is -2.33. The van der Waals surface area contributed by atoms with Gasteiger partial charge in [-0.05, 0) is 36.8 Å². The fraction of sp³-hybridized carbons (Fsp3) is 0.235. The summed E-state index contributed by atoms with van der Waals surface area (Å²) < 4.78 is 16.0. The van der Waals surface area contributed by atoms with E-state index in [1.165, 1.54) is 0 Å². The molecule has 0 radical (unpaired) electrons. The minimum atomic E-state index is 0.151. The van der Waals surface area contributed by atoms with E-state index in [4.69, 9.17) is 14.2 Å². The lowest BCUT2D eigenvalue weighted by Gasteiger charge is -2.13. The van der Waals surface area contributed by atoms with Crippen molar-refractivity contribution in [3.8, 4) is 22.6 Å². The molecule has 4 nitrogen and oxygen atoms in total. The quantitative estimate of drug-likeness (QED) is 0.577. The number of hydrogen-bond acceptors (Lipinski definition) is 4. The maximum atomic E-state index is 11.3. The Kier molecular flexibility index (Phi) is 5.35. The summed E-state index contributed by atoms with van der Waals surface area (Å²) in [7, 11) is 1.56. The monoisotopic (exact) mass is 286 g/mol. The van der Waals surface area contributed by atoms with Gasteiger partial charge in [0, 0.05) is 18.2 Å². The van der Waals surface area contributed by atoms with Gasteiger partial charge < -0.3 is 14.2 Å². The predicted octanol–water partition coefficient (Wildman–Crippen LogP) is 3.55. The average molecular weight is 286 g/mol. The molecule has 0 N–H and O–H groups in total. The molecule has 2 aromatic rings. The average Bonchev–Trinajstić information content (AvgIpc) is 2.53. The maximum absolute atomic E-state index is 11.3. The molecule has 4 heteroatoms. The van der Waals surface area contributed by atoms with Crippen LogP contribution in [0.1, 0.15) is 17.3 Å². The van der Waals surface area contributed by atoms with Crippen molar-refractivity contribution >= 4 is 6.29 Å². The molecule has 0 amide bonds. The number of carbonyl (C=O) groups is 1. The van der Waals surface area contributed by atoms with Crippen LogP contribution in [0.4, 0.5) is 0 Å². The minimum absolute atomic E-state index is 0.151. The van der Waals surface area contributed by atoms with Gasteiger partial charge in [0.25, 0.3) is 0 Å². The van der Waals surface area contributed by atoms with Gasteiger partial charge in [-0.2, -0.15) is 0 Å². The summed E-state index contributed by atoms with van der Waals surface area (Å²) in [5, 5.41) is 0. The van der Waals surface area contributed by atoms with Crippen LogP contribution in [0.15, 0.2) is 42.5 Å². The number of aldehydes is 1. The molecule has 0 bridgehead atoms. The summed E-state index contributed by atoms with van der Waals surface area (Å²) in [6.07, 6.45) is 0.832. The van der Waals surface area contributed by atoms with Crippen LogP contribution >= 0.6 is 0 Å². The highest BCUT2D eigenvalue weighted by atomic mass is 16.7. The molecule has 0 saturated heterocycles. The molecular weight excluding hydrogens is 268 g/mol. The number of hydrogen-bond donors (Lipinski definition) is 0. The van der Waals surface area contributed by atoms with Crippen LogP contribution < -0.4 is 9.47 Å². The van der Waals surface area contributed by atoms with E-state index in [1.54, 1.807) is 19.2 Å². The Morgan fingerprint density at radius 2 is 1.86 bits per heavy atom. The summed E-state index contributed by atoms with van der Waals surface area (Å²) in [6, 6.07) is 12.9. The van der Waals surface area contributed by atoms with E-state index in [9.17, 15) is 4.79 Å². The first-order chi connectivity index (χ1) is 10.3. The first kappa shape index (κ1) is 15.1. The maximum Gasteiger partial charge on any atom is 0.188 e. The van der Waals surface area contributed by atoms with Crippen molar-refractivity contribution in [2.24, 2.45) is 0 Å². The van der Waals surface area contributed by atoms with Crippen molar-refractivity contribution < 1.29 is 19.0 Å². The zero-order valence-corrected chi connectivity index (χ0v) is 12.2. The van der Waals surface area contributed by atoms with Crippen molar-refractivity contribution in [3.05, 3.63) is 48.0 Å². The summed E-state index contributed by atoms with van der Waals surface area (Å²) in [4.78, 5) is 11.3. The van der Waals surface area contributed by atoms with Gasteiger partial charge in [0.2, 0.25) is 0 Å². The van der Waals surface area contributed by atoms with E-state index in [1.807, 2.05) is 37.3 Å². The van der Waals surface area contributed by atoms with Gasteiger partial charge in [-0.25, -0.2) is 0 Å². The molecule has 0 heterocycles. The van der Waals surface area contributed by atoms with Gasteiger partial charge in [0.15, 0.2) is 13.1 Å². The fourth-order valence-corrected chi connectivity index (χ4v) is 2.07. The second-order valence-electron chi connectivity index (χ2n) is 4.35. The zero-order valence-electron chi connectivity index (χ0n) is 12.2. The van der Waals surface area contributed by atoms with E-state index in [-0.39, 0.29) is 6.79 Å². The first-order valence-corrected chi connectivity index (χ1v) is 6.73. The van der Waals surface area contributed by atoms with Crippen molar-refractivity contribution in [2.75, 3.05) is 20.5 Å². The molecule has 21 heavy (non-hydrogen) atoms. The molecule has 0 aromatic heterocycles. The zero-order chi connectivity index (χ0) is 15.1. The van der Waals surface area contributed by atoms with Gasteiger partial charge in [-0.1, -0.05) is 18.2 Å². The van der Waals surface area contributed by atoms with Crippen LogP contribution in [0.5, 0.6) is 11.5 Å². The van der Waals surface area contributed by atoms with Gasteiger partial charge in [0.1, 0.15) is 11.5 Å². The lowest BCUT2D eigenvalue weighted by atomic mass is 9.99. The SMILES string of the molecule is CCOc1ccc(C=O)c(-c2ccccc2OCOC)c1. The molecule has 2 rings (SSSR count). The second kappa shape index (κ2) is 7.45. The summed E-state index contributed by atoms with van der Waals surface area (Å²) in [6.45, 7) is 2.64. The molecule has 2 aromatic carbocycles. The van der Waals surface area contributed by atoms with Crippen molar-refractivity contribution in [2.45, 2.75) is 6.92 Å². The third kappa shape index (κ3) is 3.61. The molecule has 0 spiro atoms. The van der Waals surface area contributed by atoms with Gasteiger partial charge in [-0.15, -0.1) is 0 Å². The third-order valence-electron chi connectivity index (χ3n) is 2.97. The fourth-order valence-electron chi connectivity index (χ4n) is 2.07. The number of rotatable bonds is 7. The van der Waals surface area contributed by atoms with E-state index < -0.39 is 0 Å². The molecule has 110 valence electrons. The van der Waals surface area contributed by atoms with E-state index in [2.05, 4.69) is 0 Å². The number of benzene rings is 2. The van der Waals surface area contributed by atoms with Crippen molar-refractivity contribution in [3.63, 3.8) is 0 Å². The molecule has 0 aliphatic carbocycles. The highest BCUT2D eigenvalue weighted by Gasteiger charge is 2.11. The van der Waals surface area contributed by atoms with Crippen LogP contribution in [-0.2, 0) is 4.74 Å². The smallest absolute Gasteiger partial charge is 0.188 e. The van der Waals surface area contributed by atoms with Crippen LogP contribution in [0.3, 0.4) is 0 Å². The number of carbonyl (C=O) groups excluding carboxylic acids is 1. The van der Waals surface area contributed by atoms with Crippen molar-refractivity contribution in [1.82, 2.24) is 0 Å². The largest absolute Gasteiger partial charge is 0.494 e. The molecule has 0 saturated carbocycles. The standard InChI is InChI=1S/C17H18O4/c1-3-20-14-9-8-13(11-18)16(10-14)15-6-4-5-7-17(15)21-12-19-2/h4-11H,3,12H2,1-2H3. The van der Waals surface area contributed by atoms with Crippen LogP contribution in [0, 0.1) is 0 Å². The van der Waals surface area contributed by atoms with E-state index in [0.29, 0.717) is 17.9 Å². The lowest BCUT2D eigenvalue weighted by Crippen LogP contribution is -2.01. The normalized spacial score (nSPS) is 10.2. The third-order valence-corrected chi connectivity index (χ3v) is 2.97. The molecular formula is C17H18O4. The number of para-hydroxylation sites is 1. The van der Waals surface area contributed by atoms with Gasteiger partial charge >= 0.3 is 0 Å². The lowest BCUT2D eigenvalue weighted by molar-refractivity contribution is 0.0515. The number of methoxy groups -OCH3 is 1. The predicted molar refractivity (Wildman–Crippen MR) is 80.9 cm³/mol. The molecule has 0 aliphatic rings. The molecule has 0 aliphatic heterocycles. The molecule has 0 fully saturated rings. The highest BCUT2D eigenvalue weighted by molar-refractivity contribution is 5.89. The Balaban J connectivity index is 2.48.